The Morgan fingerprint density at radius 2 is 1.78 bits per heavy atom. The zero-order valence-corrected chi connectivity index (χ0v) is 19.0. The molecular weight excluding hydrogens is 451 g/mol. The van der Waals surface area contributed by atoms with E-state index in [1.807, 2.05) is 24.3 Å². The van der Waals surface area contributed by atoms with Crippen molar-refractivity contribution in [1.82, 2.24) is 24.7 Å². The number of pyridine rings is 1. The summed E-state index contributed by atoms with van der Waals surface area (Å²) in [4.78, 5) is 13.0. The van der Waals surface area contributed by atoms with Crippen LogP contribution in [0, 0.1) is 0 Å². The van der Waals surface area contributed by atoms with E-state index in [2.05, 4.69) is 36.0 Å². The first-order chi connectivity index (χ1) is 15.3. The lowest BCUT2D eigenvalue weighted by molar-refractivity contribution is -0.0103. The normalized spacial score (nSPS) is 11.5. The lowest BCUT2D eigenvalue weighted by atomic mass is 10.2. The lowest BCUT2D eigenvalue weighted by Crippen LogP contribution is -2.25. The van der Waals surface area contributed by atoms with Crippen LogP contribution in [0.25, 0.3) is 10.9 Å². The first kappa shape index (κ1) is 22.1. The number of hydrogen-bond donors (Lipinski definition) is 4. The minimum Gasteiger partial charge on any atom is -0.383 e. The molecule has 4 aromatic rings. The maximum Gasteiger partial charge on any atom is 0.229 e. The molecule has 0 spiro atoms. The Balaban J connectivity index is 1.36. The number of fused-ring (bicyclic) bond motifs is 1. The fourth-order valence-corrected chi connectivity index (χ4v) is 3.36. The van der Waals surface area contributed by atoms with Gasteiger partial charge in [-0.2, -0.15) is 10.1 Å². The molecule has 0 radical (unpaired) electrons. The summed E-state index contributed by atoms with van der Waals surface area (Å²) in [6.07, 6.45) is 4.99. The van der Waals surface area contributed by atoms with Gasteiger partial charge < -0.3 is 21.1 Å². The quantitative estimate of drug-likeness (QED) is 0.277. The molecule has 0 aliphatic rings. The highest BCUT2D eigenvalue weighted by Gasteiger charge is 2.19. The Bertz CT molecular complexity index is 1240. The molecule has 0 bridgehead atoms. The van der Waals surface area contributed by atoms with Crippen LogP contribution in [0.15, 0.2) is 48.9 Å². The Morgan fingerprint density at radius 3 is 2.56 bits per heavy atom. The van der Waals surface area contributed by atoms with E-state index in [0.717, 1.165) is 16.6 Å². The highest BCUT2D eigenvalue weighted by Crippen LogP contribution is 2.26. The van der Waals surface area contributed by atoms with Gasteiger partial charge in [0.15, 0.2) is 10.9 Å². The van der Waals surface area contributed by atoms with Gasteiger partial charge in [-0.25, -0.2) is 9.67 Å². The summed E-state index contributed by atoms with van der Waals surface area (Å²) < 4.78 is 1.36. The predicted molar refractivity (Wildman–Crippen MR) is 128 cm³/mol. The Labute approximate surface area is 194 Å². The van der Waals surface area contributed by atoms with Gasteiger partial charge in [0, 0.05) is 41.6 Å². The van der Waals surface area contributed by atoms with E-state index < -0.39 is 5.72 Å². The number of nitrogens with zero attached hydrogens (tertiary/aromatic N) is 5. The summed E-state index contributed by atoms with van der Waals surface area (Å²) in [7, 11) is 0. The van der Waals surface area contributed by atoms with Gasteiger partial charge in [-0.1, -0.05) is 23.2 Å². The summed E-state index contributed by atoms with van der Waals surface area (Å²) in [6.45, 7) is 4.52. The van der Waals surface area contributed by atoms with Crippen molar-refractivity contribution in [2.45, 2.75) is 19.6 Å². The van der Waals surface area contributed by atoms with Gasteiger partial charge in [0.25, 0.3) is 0 Å². The molecule has 0 fully saturated rings. The standard InChI is InChI=1S/C21H22Cl2N8O/c1-21(2,32)31-12-17(19(23)30-31)28-20-27-8-6-18(29-20)26-10-9-25-15-5-7-24-16-11-13(22)3-4-14(15)16/h3-8,11-12,32H,9-10H2,1-2H3,(H,24,25)(H2,26,27,28,29). The van der Waals surface area contributed by atoms with Crippen LogP contribution in [-0.4, -0.2) is 42.9 Å². The third-order valence-electron chi connectivity index (χ3n) is 4.58. The van der Waals surface area contributed by atoms with Crippen LogP contribution in [0.2, 0.25) is 10.2 Å². The molecule has 0 amide bonds. The SMILES string of the molecule is CC(C)(O)n1cc(Nc2nccc(NCCNc3ccnc4cc(Cl)ccc34)n2)c(Cl)n1. The predicted octanol–water partition coefficient (Wildman–Crippen LogP) is 4.48. The average molecular weight is 473 g/mol. The highest BCUT2D eigenvalue weighted by atomic mass is 35.5. The van der Waals surface area contributed by atoms with Gasteiger partial charge in [-0.05, 0) is 44.2 Å². The Kier molecular flexibility index (Phi) is 6.31. The van der Waals surface area contributed by atoms with E-state index in [-0.39, 0.29) is 5.15 Å². The van der Waals surface area contributed by atoms with Crippen LogP contribution in [0.5, 0.6) is 0 Å². The van der Waals surface area contributed by atoms with Crippen molar-refractivity contribution < 1.29 is 5.11 Å². The van der Waals surface area contributed by atoms with Crippen molar-refractivity contribution in [3.8, 4) is 0 Å². The van der Waals surface area contributed by atoms with E-state index in [1.165, 1.54) is 4.68 Å². The molecule has 0 aliphatic heterocycles. The largest absolute Gasteiger partial charge is 0.383 e. The van der Waals surface area contributed by atoms with Gasteiger partial charge in [0.1, 0.15) is 5.82 Å². The zero-order valence-electron chi connectivity index (χ0n) is 17.5. The van der Waals surface area contributed by atoms with E-state index in [4.69, 9.17) is 23.2 Å². The fourth-order valence-electron chi connectivity index (χ4n) is 3.02. The second kappa shape index (κ2) is 9.15. The van der Waals surface area contributed by atoms with E-state index in [1.54, 1.807) is 38.5 Å². The summed E-state index contributed by atoms with van der Waals surface area (Å²) >= 11 is 12.2. The Morgan fingerprint density at radius 1 is 1.00 bits per heavy atom. The van der Waals surface area contributed by atoms with Gasteiger partial charge in [0.2, 0.25) is 5.95 Å². The first-order valence-corrected chi connectivity index (χ1v) is 10.7. The molecule has 11 heteroatoms. The first-order valence-electron chi connectivity index (χ1n) is 9.90. The second-order valence-electron chi connectivity index (χ2n) is 7.54. The molecule has 0 saturated carbocycles. The summed E-state index contributed by atoms with van der Waals surface area (Å²) in [6, 6.07) is 9.35. The molecule has 1 aromatic carbocycles. The van der Waals surface area contributed by atoms with E-state index >= 15 is 0 Å². The molecule has 0 atom stereocenters. The highest BCUT2D eigenvalue weighted by molar-refractivity contribution is 6.32. The summed E-state index contributed by atoms with van der Waals surface area (Å²) in [5, 5.41) is 25.7. The third kappa shape index (κ3) is 5.18. The van der Waals surface area contributed by atoms with Crippen LogP contribution < -0.4 is 16.0 Å². The van der Waals surface area contributed by atoms with Gasteiger partial charge in [0.05, 0.1) is 17.4 Å². The van der Waals surface area contributed by atoms with Crippen molar-refractivity contribution >= 4 is 57.2 Å². The molecular formula is C21H22Cl2N8O. The van der Waals surface area contributed by atoms with Gasteiger partial charge in [-0.3, -0.25) is 4.98 Å². The fraction of sp³-hybridized carbons (Fsp3) is 0.238. The molecule has 4 rings (SSSR count). The van der Waals surface area contributed by atoms with Crippen LogP contribution in [0.1, 0.15) is 13.8 Å². The number of hydrogen-bond acceptors (Lipinski definition) is 8. The second-order valence-corrected chi connectivity index (χ2v) is 8.33. The zero-order chi connectivity index (χ0) is 22.7. The minimum absolute atomic E-state index is 0.212. The van der Waals surface area contributed by atoms with Crippen LogP contribution >= 0.6 is 23.2 Å². The average Bonchev–Trinajstić information content (AvgIpc) is 3.12. The number of aliphatic hydroxyl groups is 1. The topological polar surface area (TPSA) is 113 Å². The molecule has 0 saturated heterocycles. The van der Waals surface area contributed by atoms with Gasteiger partial charge in [-0.15, -0.1) is 0 Å². The lowest BCUT2D eigenvalue weighted by Gasteiger charge is -2.17. The maximum absolute atomic E-state index is 10.1. The monoisotopic (exact) mass is 472 g/mol. The third-order valence-corrected chi connectivity index (χ3v) is 5.10. The van der Waals surface area contributed by atoms with Crippen molar-refractivity contribution in [2.75, 3.05) is 29.0 Å². The molecule has 32 heavy (non-hydrogen) atoms. The maximum atomic E-state index is 10.1. The van der Waals surface area contributed by atoms with Gasteiger partial charge >= 0.3 is 0 Å². The number of benzene rings is 1. The van der Waals surface area contributed by atoms with Crippen LogP contribution in [-0.2, 0) is 5.72 Å². The molecule has 166 valence electrons. The minimum atomic E-state index is -1.17. The molecule has 3 heterocycles. The molecule has 4 N–H and O–H groups in total. The summed E-state index contributed by atoms with van der Waals surface area (Å²) in [5.74, 6) is 1.01. The number of nitrogens with one attached hydrogen (secondary N) is 3. The number of rotatable bonds is 8. The van der Waals surface area contributed by atoms with E-state index in [9.17, 15) is 5.11 Å². The van der Waals surface area contributed by atoms with Crippen LogP contribution in [0.3, 0.4) is 0 Å². The Hall–Kier alpha value is -3.14. The molecule has 3 aromatic heterocycles. The number of anilines is 4. The molecule has 0 aliphatic carbocycles. The number of halogens is 2. The number of aromatic nitrogens is 5. The molecule has 9 nitrogen and oxygen atoms in total. The van der Waals surface area contributed by atoms with Crippen molar-refractivity contribution in [3.63, 3.8) is 0 Å². The van der Waals surface area contributed by atoms with E-state index in [0.29, 0.717) is 35.6 Å². The van der Waals surface area contributed by atoms with Crippen molar-refractivity contribution in [1.29, 1.82) is 0 Å². The summed E-state index contributed by atoms with van der Waals surface area (Å²) in [5.41, 5.74) is 1.15. The smallest absolute Gasteiger partial charge is 0.229 e. The molecule has 0 unspecified atom stereocenters. The van der Waals surface area contributed by atoms with Crippen molar-refractivity contribution in [2.24, 2.45) is 0 Å². The van der Waals surface area contributed by atoms with Crippen LogP contribution in [0.4, 0.5) is 23.1 Å². The van der Waals surface area contributed by atoms with Crippen molar-refractivity contribution in [3.05, 3.63) is 59.1 Å².